The molecule has 82 valence electrons. The van der Waals surface area contributed by atoms with Gasteiger partial charge < -0.3 is 4.90 Å². The van der Waals surface area contributed by atoms with Crippen molar-refractivity contribution in [1.82, 2.24) is 9.97 Å². The summed E-state index contributed by atoms with van der Waals surface area (Å²) < 4.78 is 0. The molecule has 1 aliphatic heterocycles. The molecule has 1 aromatic heterocycles. The summed E-state index contributed by atoms with van der Waals surface area (Å²) in [6.45, 7) is 6.44. The zero-order chi connectivity index (χ0) is 10.8. The normalized spacial score (nSPS) is 18.2. The summed E-state index contributed by atoms with van der Waals surface area (Å²) in [5.74, 6) is 1.83. The van der Waals surface area contributed by atoms with Crippen molar-refractivity contribution < 1.29 is 0 Å². The third-order valence-corrected chi connectivity index (χ3v) is 3.46. The molecule has 0 amide bonds. The van der Waals surface area contributed by atoms with E-state index >= 15 is 0 Å². The molecule has 0 unspecified atom stereocenters. The average molecular weight is 226 g/mol. The summed E-state index contributed by atoms with van der Waals surface area (Å²) in [6.07, 6.45) is 4.02. The third-order valence-electron chi connectivity index (χ3n) is 3.08. The van der Waals surface area contributed by atoms with Gasteiger partial charge in [0.2, 0.25) is 0 Å². The molecule has 15 heavy (non-hydrogen) atoms. The highest BCUT2D eigenvalue weighted by atomic mass is 35.5. The van der Waals surface area contributed by atoms with Gasteiger partial charge in [-0.1, -0.05) is 18.5 Å². The number of nitrogens with zero attached hydrogens (tertiary/aromatic N) is 3. The SMILES string of the molecule is Cc1c(Cl)ncnc1N1CCC(C)CC1. The van der Waals surface area contributed by atoms with Crippen LogP contribution in [0.25, 0.3) is 0 Å². The van der Waals surface area contributed by atoms with Crippen molar-refractivity contribution in [3.05, 3.63) is 17.0 Å². The number of hydrogen-bond donors (Lipinski definition) is 0. The molecule has 2 heterocycles. The van der Waals surface area contributed by atoms with E-state index in [2.05, 4.69) is 21.8 Å². The molecule has 0 saturated carbocycles. The van der Waals surface area contributed by atoms with Crippen molar-refractivity contribution >= 4 is 17.4 Å². The maximum atomic E-state index is 5.98. The van der Waals surface area contributed by atoms with Crippen LogP contribution in [0.4, 0.5) is 5.82 Å². The fourth-order valence-corrected chi connectivity index (χ4v) is 2.09. The monoisotopic (exact) mass is 225 g/mol. The van der Waals surface area contributed by atoms with E-state index in [0.29, 0.717) is 5.15 Å². The maximum absolute atomic E-state index is 5.98. The second-order valence-corrected chi connectivity index (χ2v) is 4.64. The molecule has 0 radical (unpaired) electrons. The molecule has 1 aromatic rings. The van der Waals surface area contributed by atoms with E-state index in [9.17, 15) is 0 Å². The lowest BCUT2D eigenvalue weighted by Gasteiger charge is -2.32. The van der Waals surface area contributed by atoms with Crippen molar-refractivity contribution in [3.8, 4) is 0 Å². The van der Waals surface area contributed by atoms with Crippen LogP contribution in [0.2, 0.25) is 5.15 Å². The zero-order valence-corrected chi connectivity index (χ0v) is 9.96. The fraction of sp³-hybridized carbons (Fsp3) is 0.636. The molecule has 3 nitrogen and oxygen atoms in total. The Morgan fingerprint density at radius 1 is 1.33 bits per heavy atom. The minimum Gasteiger partial charge on any atom is -0.356 e. The van der Waals surface area contributed by atoms with Gasteiger partial charge >= 0.3 is 0 Å². The highest BCUT2D eigenvalue weighted by Crippen LogP contribution is 2.26. The Kier molecular flexibility index (Phi) is 3.10. The first-order valence-corrected chi connectivity index (χ1v) is 5.78. The summed E-state index contributed by atoms with van der Waals surface area (Å²) in [5, 5.41) is 0.568. The van der Waals surface area contributed by atoms with Gasteiger partial charge in [-0.15, -0.1) is 0 Å². The minimum atomic E-state index is 0.568. The van der Waals surface area contributed by atoms with E-state index in [-0.39, 0.29) is 0 Å². The summed E-state index contributed by atoms with van der Waals surface area (Å²) in [7, 11) is 0. The number of aromatic nitrogens is 2. The number of anilines is 1. The zero-order valence-electron chi connectivity index (χ0n) is 9.20. The lowest BCUT2D eigenvalue weighted by molar-refractivity contribution is 0.436. The predicted molar refractivity (Wildman–Crippen MR) is 62.4 cm³/mol. The molecule has 0 aromatic carbocycles. The first-order valence-electron chi connectivity index (χ1n) is 5.40. The van der Waals surface area contributed by atoms with Gasteiger partial charge in [0, 0.05) is 18.7 Å². The molecule has 2 rings (SSSR count). The summed E-state index contributed by atoms with van der Waals surface area (Å²) in [5.41, 5.74) is 0.994. The van der Waals surface area contributed by atoms with Crippen LogP contribution in [-0.4, -0.2) is 23.1 Å². The maximum Gasteiger partial charge on any atom is 0.137 e. The highest BCUT2D eigenvalue weighted by Gasteiger charge is 2.19. The van der Waals surface area contributed by atoms with Gasteiger partial charge in [0.05, 0.1) is 0 Å². The second kappa shape index (κ2) is 4.35. The molecule has 4 heteroatoms. The van der Waals surface area contributed by atoms with E-state index in [1.54, 1.807) is 6.33 Å². The van der Waals surface area contributed by atoms with E-state index in [0.717, 1.165) is 30.4 Å². The van der Waals surface area contributed by atoms with Crippen LogP contribution in [0, 0.1) is 12.8 Å². The van der Waals surface area contributed by atoms with Gasteiger partial charge in [-0.2, -0.15) is 0 Å². The Morgan fingerprint density at radius 3 is 2.67 bits per heavy atom. The molecule has 1 saturated heterocycles. The first-order chi connectivity index (χ1) is 7.18. The highest BCUT2D eigenvalue weighted by molar-refractivity contribution is 6.30. The topological polar surface area (TPSA) is 29.0 Å². The lowest BCUT2D eigenvalue weighted by Crippen LogP contribution is -2.34. The van der Waals surface area contributed by atoms with Crippen LogP contribution in [0.5, 0.6) is 0 Å². The van der Waals surface area contributed by atoms with Gasteiger partial charge in [0.1, 0.15) is 17.3 Å². The average Bonchev–Trinajstić information content (AvgIpc) is 2.24. The molecular formula is C11H16ClN3. The lowest BCUT2D eigenvalue weighted by atomic mass is 9.99. The van der Waals surface area contributed by atoms with E-state index in [1.807, 2.05) is 6.92 Å². The van der Waals surface area contributed by atoms with Crippen LogP contribution in [0.3, 0.4) is 0 Å². The van der Waals surface area contributed by atoms with Crippen LogP contribution < -0.4 is 4.90 Å². The Labute approximate surface area is 95.5 Å². The molecule has 0 N–H and O–H groups in total. The number of hydrogen-bond acceptors (Lipinski definition) is 3. The predicted octanol–water partition coefficient (Wildman–Crippen LogP) is 2.67. The van der Waals surface area contributed by atoms with E-state index in [1.165, 1.54) is 12.8 Å². The van der Waals surface area contributed by atoms with Crippen LogP contribution in [0.1, 0.15) is 25.3 Å². The van der Waals surface area contributed by atoms with E-state index < -0.39 is 0 Å². The molecule has 0 aliphatic carbocycles. The third kappa shape index (κ3) is 2.23. The quantitative estimate of drug-likeness (QED) is 0.689. The molecule has 0 bridgehead atoms. The van der Waals surface area contributed by atoms with Crippen LogP contribution in [0.15, 0.2) is 6.33 Å². The number of piperidine rings is 1. The Bertz CT molecular complexity index is 346. The van der Waals surface area contributed by atoms with Crippen molar-refractivity contribution in [2.45, 2.75) is 26.7 Å². The smallest absolute Gasteiger partial charge is 0.137 e. The Morgan fingerprint density at radius 2 is 2.00 bits per heavy atom. The van der Waals surface area contributed by atoms with Crippen molar-refractivity contribution in [2.75, 3.05) is 18.0 Å². The molecule has 0 atom stereocenters. The summed E-state index contributed by atoms with van der Waals surface area (Å²) >= 11 is 5.98. The molecular weight excluding hydrogens is 210 g/mol. The van der Waals surface area contributed by atoms with Crippen molar-refractivity contribution in [2.24, 2.45) is 5.92 Å². The molecule has 1 fully saturated rings. The number of halogens is 1. The largest absolute Gasteiger partial charge is 0.356 e. The fourth-order valence-electron chi connectivity index (χ4n) is 1.96. The summed E-state index contributed by atoms with van der Waals surface area (Å²) in [4.78, 5) is 10.6. The van der Waals surface area contributed by atoms with Crippen LogP contribution in [-0.2, 0) is 0 Å². The van der Waals surface area contributed by atoms with Crippen molar-refractivity contribution in [3.63, 3.8) is 0 Å². The van der Waals surface area contributed by atoms with Gasteiger partial charge in [-0.3, -0.25) is 0 Å². The first kappa shape index (κ1) is 10.7. The van der Waals surface area contributed by atoms with Crippen LogP contribution >= 0.6 is 11.6 Å². The standard InChI is InChI=1S/C11H16ClN3/c1-8-3-5-15(6-4-8)11-9(2)10(12)13-7-14-11/h7-8H,3-6H2,1-2H3. The van der Waals surface area contributed by atoms with Gasteiger partial charge in [0.25, 0.3) is 0 Å². The van der Waals surface area contributed by atoms with Gasteiger partial charge in [-0.05, 0) is 25.7 Å². The van der Waals surface area contributed by atoms with Crippen molar-refractivity contribution in [1.29, 1.82) is 0 Å². The second-order valence-electron chi connectivity index (χ2n) is 4.28. The molecule has 1 aliphatic rings. The van der Waals surface area contributed by atoms with Gasteiger partial charge in [0.15, 0.2) is 0 Å². The number of rotatable bonds is 1. The summed E-state index contributed by atoms with van der Waals surface area (Å²) in [6, 6.07) is 0. The minimum absolute atomic E-state index is 0.568. The van der Waals surface area contributed by atoms with E-state index in [4.69, 9.17) is 11.6 Å². The Hall–Kier alpha value is -0.830. The van der Waals surface area contributed by atoms with Gasteiger partial charge in [-0.25, -0.2) is 9.97 Å². The Balaban J connectivity index is 2.19. The molecule has 0 spiro atoms.